The van der Waals surface area contributed by atoms with Crippen molar-refractivity contribution in [2.75, 3.05) is 27.8 Å². The topological polar surface area (TPSA) is 59.0 Å². The van der Waals surface area contributed by atoms with E-state index >= 15 is 0 Å². The molecule has 1 heterocycles. The molecule has 1 aliphatic heterocycles. The van der Waals surface area contributed by atoms with Crippen molar-refractivity contribution in [2.24, 2.45) is 0 Å². The monoisotopic (exact) mass is 327 g/mol. The molecule has 0 amide bonds. The first-order valence-corrected chi connectivity index (χ1v) is 8.14. The van der Waals surface area contributed by atoms with E-state index in [1.54, 1.807) is 19.3 Å². The Hall–Kier alpha value is -2.27. The fraction of sp³-hybridized carbons (Fsp3) is 0.421. The van der Waals surface area contributed by atoms with Gasteiger partial charge in [0.15, 0.2) is 17.3 Å². The van der Waals surface area contributed by atoms with E-state index in [1.165, 1.54) is 7.11 Å². The fourth-order valence-electron chi connectivity index (χ4n) is 4.44. The molecular weight excluding hydrogens is 306 g/mol. The van der Waals surface area contributed by atoms with Gasteiger partial charge in [0.25, 0.3) is 0 Å². The molecule has 5 heteroatoms. The minimum Gasteiger partial charge on any atom is -0.504 e. The van der Waals surface area contributed by atoms with Crippen LogP contribution in [0.2, 0.25) is 0 Å². The van der Waals surface area contributed by atoms with Gasteiger partial charge < -0.3 is 14.6 Å². The SMILES string of the molecule is COC1=C[C@@]23CCN(C)[C@@H](Cc4cc(OC)c(O)cc42)C3=CC1=O. The number of piperidine rings is 1. The van der Waals surface area contributed by atoms with Crippen molar-refractivity contribution in [1.82, 2.24) is 4.90 Å². The number of methoxy groups -OCH3 is 2. The first-order chi connectivity index (χ1) is 11.5. The molecule has 5 nitrogen and oxygen atoms in total. The third-order valence-corrected chi connectivity index (χ3v) is 5.69. The van der Waals surface area contributed by atoms with Gasteiger partial charge in [-0.3, -0.25) is 9.69 Å². The Morgan fingerprint density at radius 3 is 2.79 bits per heavy atom. The molecule has 2 bridgehead atoms. The largest absolute Gasteiger partial charge is 0.504 e. The molecule has 1 N–H and O–H groups in total. The van der Waals surface area contributed by atoms with Crippen LogP contribution in [-0.2, 0) is 21.4 Å². The van der Waals surface area contributed by atoms with Gasteiger partial charge in [-0.25, -0.2) is 0 Å². The van der Waals surface area contributed by atoms with Gasteiger partial charge in [-0.15, -0.1) is 0 Å². The number of aromatic hydroxyl groups is 1. The number of nitrogens with zero attached hydrogens (tertiary/aromatic N) is 1. The van der Waals surface area contributed by atoms with Crippen LogP contribution in [0.5, 0.6) is 11.5 Å². The van der Waals surface area contributed by atoms with Crippen molar-refractivity contribution in [3.63, 3.8) is 0 Å². The average molecular weight is 327 g/mol. The van der Waals surface area contributed by atoms with Crippen molar-refractivity contribution < 1.29 is 19.4 Å². The number of phenolic OH excluding ortho intramolecular Hbond substituents is 1. The number of ketones is 1. The Balaban J connectivity index is 1.99. The third-order valence-electron chi connectivity index (χ3n) is 5.69. The zero-order valence-electron chi connectivity index (χ0n) is 14.1. The zero-order chi connectivity index (χ0) is 17.1. The Labute approximate surface area is 141 Å². The van der Waals surface area contributed by atoms with E-state index in [1.807, 2.05) is 12.1 Å². The lowest BCUT2D eigenvalue weighted by Crippen LogP contribution is -2.54. The molecule has 0 spiro atoms. The van der Waals surface area contributed by atoms with Crippen LogP contribution in [0.25, 0.3) is 0 Å². The molecule has 2 aliphatic carbocycles. The van der Waals surface area contributed by atoms with Gasteiger partial charge in [-0.2, -0.15) is 0 Å². The van der Waals surface area contributed by atoms with E-state index in [9.17, 15) is 9.90 Å². The number of fused-ring (bicyclic) bond motifs is 1. The molecule has 0 aromatic heterocycles. The number of phenols is 1. The summed E-state index contributed by atoms with van der Waals surface area (Å²) in [5.41, 5.74) is 2.94. The van der Waals surface area contributed by atoms with Crippen LogP contribution in [0.1, 0.15) is 17.5 Å². The highest BCUT2D eigenvalue weighted by Gasteiger charge is 2.50. The van der Waals surface area contributed by atoms with Gasteiger partial charge in [0.2, 0.25) is 5.78 Å². The standard InChI is InChI=1S/C19H21NO4/c1-20-5-4-19-10-18(24-3)16(22)9-13(19)14(20)6-11-7-17(23-2)15(21)8-12(11)19/h7-10,14,21H,4-6H2,1-3H3/t14-,19-/m0/s1. The minimum atomic E-state index is -0.381. The lowest BCUT2D eigenvalue weighted by atomic mass is 9.59. The van der Waals surface area contributed by atoms with Gasteiger partial charge in [0.05, 0.1) is 14.2 Å². The second kappa shape index (κ2) is 5.11. The summed E-state index contributed by atoms with van der Waals surface area (Å²) in [6.07, 6.45) is 5.35. The Morgan fingerprint density at radius 2 is 2.08 bits per heavy atom. The van der Waals surface area contributed by atoms with Crippen LogP contribution in [0.4, 0.5) is 0 Å². The highest BCUT2D eigenvalue weighted by atomic mass is 16.5. The van der Waals surface area contributed by atoms with Crippen molar-refractivity contribution in [3.05, 3.63) is 46.7 Å². The Bertz CT molecular complexity index is 795. The molecule has 1 saturated heterocycles. The third kappa shape index (κ3) is 1.88. The Morgan fingerprint density at radius 1 is 1.29 bits per heavy atom. The van der Waals surface area contributed by atoms with Crippen LogP contribution >= 0.6 is 0 Å². The summed E-state index contributed by atoms with van der Waals surface area (Å²) >= 11 is 0. The lowest BCUT2D eigenvalue weighted by Gasteiger charge is -2.52. The predicted octanol–water partition coefficient (Wildman–Crippen LogP) is 1.94. The maximum atomic E-state index is 12.3. The molecule has 0 saturated carbocycles. The van der Waals surface area contributed by atoms with Gasteiger partial charge >= 0.3 is 0 Å². The van der Waals surface area contributed by atoms with Gasteiger partial charge in [0, 0.05) is 11.5 Å². The molecule has 1 aromatic rings. The maximum Gasteiger partial charge on any atom is 0.220 e. The van der Waals surface area contributed by atoms with Crippen LogP contribution in [-0.4, -0.2) is 49.6 Å². The van der Waals surface area contributed by atoms with E-state index in [4.69, 9.17) is 9.47 Å². The molecule has 1 fully saturated rings. The molecule has 2 atom stereocenters. The second-order valence-electron chi connectivity index (χ2n) is 6.78. The molecule has 1 aromatic carbocycles. The molecular formula is C19H21NO4. The molecule has 0 radical (unpaired) electrons. The molecule has 0 unspecified atom stereocenters. The smallest absolute Gasteiger partial charge is 0.220 e. The number of allylic oxidation sites excluding steroid dienone is 2. The predicted molar refractivity (Wildman–Crippen MR) is 89.3 cm³/mol. The zero-order valence-corrected chi connectivity index (χ0v) is 14.1. The van der Waals surface area contributed by atoms with Crippen molar-refractivity contribution >= 4 is 5.78 Å². The first kappa shape index (κ1) is 15.3. The Kier molecular flexibility index (Phi) is 3.25. The molecule has 24 heavy (non-hydrogen) atoms. The van der Waals surface area contributed by atoms with Crippen molar-refractivity contribution in [3.8, 4) is 11.5 Å². The number of carbonyl (C=O) groups is 1. The quantitative estimate of drug-likeness (QED) is 0.899. The number of ether oxygens (including phenoxy) is 2. The number of carbonyl (C=O) groups excluding carboxylic acids is 1. The summed E-state index contributed by atoms with van der Waals surface area (Å²) in [7, 11) is 5.18. The lowest BCUT2D eigenvalue weighted by molar-refractivity contribution is -0.114. The van der Waals surface area contributed by atoms with E-state index < -0.39 is 0 Å². The first-order valence-electron chi connectivity index (χ1n) is 8.14. The molecule has 4 rings (SSSR count). The highest BCUT2D eigenvalue weighted by Crippen LogP contribution is 2.53. The number of rotatable bonds is 2. The minimum absolute atomic E-state index is 0.0791. The van der Waals surface area contributed by atoms with E-state index in [-0.39, 0.29) is 23.0 Å². The second-order valence-corrected chi connectivity index (χ2v) is 6.78. The van der Waals surface area contributed by atoms with Crippen molar-refractivity contribution in [1.29, 1.82) is 0 Å². The number of hydrogen-bond donors (Lipinski definition) is 1. The van der Waals surface area contributed by atoms with Crippen LogP contribution in [0.15, 0.2) is 35.6 Å². The van der Waals surface area contributed by atoms with Crippen LogP contribution in [0, 0.1) is 0 Å². The molecule has 126 valence electrons. The summed E-state index contributed by atoms with van der Waals surface area (Å²) in [5.74, 6) is 0.919. The van der Waals surface area contributed by atoms with Gasteiger partial charge in [-0.1, -0.05) is 0 Å². The average Bonchev–Trinajstić information content (AvgIpc) is 2.58. The summed E-state index contributed by atoms with van der Waals surface area (Å²) in [5, 5.41) is 10.3. The number of likely N-dealkylation sites (N-methyl/N-ethyl adjacent to an activating group) is 1. The van der Waals surface area contributed by atoms with Crippen molar-refractivity contribution in [2.45, 2.75) is 24.3 Å². The molecule has 3 aliphatic rings. The summed E-state index contributed by atoms with van der Waals surface area (Å²) in [6, 6.07) is 3.90. The normalized spacial score (nSPS) is 28.5. The van der Waals surface area contributed by atoms with Gasteiger partial charge in [-0.05, 0) is 67.4 Å². The number of likely N-dealkylation sites (tertiary alicyclic amines) is 1. The van der Waals surface area contributed by atoms with Crippen LogP contribution in [0.3, 0.4) is 0 Å². The van der Waals surface area contributed by atoms with Crippen LogP contribution < -0.4 is 4.74 Å². The summed E-state index contributed by atoms with van der Waals surface area (Å²) in [6.45, 7) is 0.927. The fourth-order valence-corrected chi connectivity index (χ4v) is 4.44. The number of benzene rings is 1. The highest BCUT2D eigenvalue weighted by molar-refractivity contribution is 6.05. The van der Waals surface area contributed by atoms with E-state index in [0.29, 0.717) is 11.5 Å². The maximum absolute atomic E-state index is 12.3. The summed E-state index contributed by atoms with van der Waals surface area (Å²) in [4.78, 5) is 14.6. The summed E-state index contributed by atoms with van der Waals surface area (Å²) < 4.78 is 10.6. The number of hydrogen-bond acceptors (Lipinski definition) is 5. The van der Waals surface area contributed by atoms with Gasteiger partial charge in [0.1, 0.15) is 0 Å². The van der Waals surface area contributed by atoms with E-state index in [2.05, 4.69) is 11.9 Å². The van der Waals surface area contributed by atoms with E-state index in [0.717, 1.165) is 36.1 Å².